The highest BCUT2D eigenvalue weighted by Crippen LogP contribution is 2.34. The molecule has 1 saturated carbocycles. The van der Waals surface area contributed by atoms with E-state index in [0.29, 0.717) is 0 Å². The molecule has 0 amide bonds. The normalized spacial score (nSPS) is 21.2. The van der Waals surface area contributed by atoms with Crippen molar-refractivity contribution >= 4 is 12.0 Å². The maximum Gasteiger partial charge on any atom is 0.467 e. The maximum absolute atomic E-state index is 11.6. The first-order chi connectivity index (χ1) is 5.58. The van der Waals surface area contributed by atoms with Crippen LogP contribution in [0.3, 0.4) is 0 Å². The zero-order valence-corrected chi connectivity index (χ0v) is 7.38. The number of halogens is 3. The Morgan fingerprint density at radius 2 is 1.67 bits per heavy atom. The highest BCUT2D eigenvalue weighted by molar-refractivity contribution is 7.95. The third-order valence-corrected chi connectivity index (χ3v) is 2.39. The summed E-state index contributed by atoms with van der Waals surface area (Å²) in [6, 6.07) is 0. The minimum atomic E-state index is -4.25. The van der Waals surface area contributed by atoms with Gasteiger partial charge in [0.15, 0.2) is 0 Å². The quantitative estimate of drug-likeness (QED) is 0.631. The van der Waals surface area contributed by atoms with Crippen LogP contribution in [0, 0.1) is 0 Å². The molecule has 0 spiro atoms. The van der Waals surface area contributed by atoms with E-state index in [9.17, 15) is 13.2 Å². The molecule has 1 rings (SSSR count). The van der Waals surface area contributed by atoms with E-state index in [1.807, 2.05) is 0 Å². The van der Waals surface area contributed by atoms with Crippen molar-refractivity contribution in [3.05, 3.63) is 0 Å². The molecular formula is C7H11F3OS. The maximum atomic E-state index is 11.6. The minimum absolute atomic E-state index is 0.189. The molecule has 0 aromatic carbocycles. The summed E-state index contributed by atoms with van der Waals surface area (Å²) in [6.45, 7) is 0. The van der Waals surface area contributed by atoms with Crippen molar-refractivity contribution in [3.8, 4) is 0 Å². The molecule has 0 aliphatic heterocycles. The standard InChI is InChI=1S/C7H11F3OS/c8-7(9,10)12-11-6-4-2-1-3-5-6/h6H,1-5H2. The lowest BCUT2D eigenvalue weighted by molar-refractivity contribution is -0.0426. The lowest BCUT2D eigenvalue weighted by Crippen LogP contribution is -2.15. The SMILES string of the molecule is FC(F)(F)SOC1CCCCC1. The van der Waals surface area contributed by atoms with Crippen molar-refractivity contribution in [2.24, 2.45) is 0 Å². The summed E-state index contributed by atoms with van der Waals surface area (Å²) in [5.74, 6) is 0. The molecule has 72 valence electrons. The summed E-state index contributed by atoms with van der Waals surface area (Å²) in [7, 11) is 0. The van der Waals surface area contributed by atoms with Gasteiger partial charge in [0, 0.05) is 0 Å². The van der Waals surface area contributed by atoms with E-state index < -0.39 is 5.51 Å². The third kappa shape index (κ3) is 4.21. The van der Waals surface area contributed by atoms with Gasteiger partial charge >= 0.3 is 5.51 Å². The second kappa shape index (κ2) is 4.37. The highest BCUT2D eigenvalue weighted by Gasteiger charge is 2.31. The Morgan fingerprint density at radius 1 is 1.08 bits per heavy atom. The van der Waals surface area contributed by atoms with Crippen molar-refractivity contribution in [2.45, 2.75) is 43.7 Å². The average molecular weight is 200 g/mol. The Labute approximate surface area is 73.9 Å². The van der Waals surface area contributed by atoms with Crippen molar-refractivity contribution in [3.63, 3.8) is 0 Å². The van der Waals surface area contributed by atoms with E-state index in [-0.39, 0.29) is 18.1 Å². The second-order valence-electron chi connectivity index (χ2n) is 2.89. The van der Waals surface area contributed by atoms with E-state index in [1.54, 1.807) is 0 Å². The van der Waals surface area contributed by atoms with Crippen LogP contribution in [0.1, 0.15) is 32.1 Å². The lowest BCUT2D eigenvalue weighted by Gasteiger charge is -2.21. The first-order valence-corrected chi connectivity index (χ1v) is 4.73. The molecule has 0 unspecified atom stereocenters. The molecule has 0 atom stereocenters. The van der Waals surface area contributed by atoms with Gasteiger partial charge in [-0.25, -0.2) is 0 Å². The van der Waals surface area contributed by atoms with Gasteiger partial charge in [0.05, 0.1) is 6.10 Å². The van der Waals surface area contributed by atoms with Gasteiger partial charge in [-0.1, -0.05) is 19.3 Å². The van der Waals surface area contributed by atoms with Gasteiger partial charge < -0.3 is 4.18 Å². The van der Waals surface area contributed by atoms with Gasteiger partial charge in [0.1, 0.15) is 12.0 Å². The number of hydrogen-bond acceptors (Lipinski definition) is 2. The summed E-state index contributed by atoms with van der Waals surface area (Å²) in [5.41, 5.74) is -4.25. The van der Waals surface area contributed by atoms with Crippen LogP contribution in [0.4, 0.5) is 13.2 Å². The molecule has 5 heteroatoms. The monoisotopic (exact) mass is 200 g/mol. The summed E-state index contributed by atoms with van der Waals surface area (Å²) >= 11 is -0.360. The summed E-state index contributed by atoms with van der Waals surface area (Å²) in [5, 5.41) is 0. The molecule has 1 aliphatic carbocycles. The zero-order valence-electron chi connectivity index (χ0n) is 6.56. The third-order valence-electron chi connectivity index (χ3n) is 1.83. The molecule has 0 saturated heterocycles. The molecule has 1 nitrogen and oxygen atoms in total. The van der Waals surface area contributed by atoms with Gasteiger partial charge in [0.25, 0.3) is 0 Å². The molecule has 1 fully saturated rings. The van der Waals surface area contributed by atoms with Gasteiger partial charge in [-0.2, -0.15) is 13.2 Å². The molecule has 12 heavy (non-hydrogen) atoms. The number of hydrogen-bond donors (Lipinski definition) is 0. The van der Waals surface area contributed by atoms with Crippen LogP contribution in [0.5, 0.6) is 0 Å². The number of rotatable bonds is 2. The molecule has 0 N–H and O–H groups in total. The van der Waals surface area contributed by atoms with E-state index in [1.165, 1.54) is 0 Å². The molecule has 0 heterocycles. The fourth-order valence-corrected chi connectivity index (χ4v) is 1.72. The smallest absolute Gasteiger partial charge is 0.305 e. The summed E-state index contributed by atoms with van der Waals surface area (Å²) < 4.78 is 39.6. The van der Waals surface area contributed by atoms with Crippen LogP contribution < -0.4 is 0 Å². The Kier molecular flexibility index (Phi) is 3.71. The van der Waals surface area contributed by atoms with Crippen molar-refractivity contribution in [1.82, 2.24) is 0 Å². The largest absolute Gasteiger partial charge is 0.467 e. The van der Waals surface area contributed by atoms with Crippen LogP contribution in [0.2, 0.25) is 0 Å². The summed E-state index contributed by atoms with van der Waals surface area (Å²) in [4.78, 5) is 0. The van der Waals surface area contributed by atoms with Gasteiger partial charge in [-0.05, 0) is 12.8 Å². The van der Waals surface area contributed by atoms with E-state index >= 15 is 0 Å². The molecule has 0 radical (unpaired) electrons. The average Bonchev–Trinajstić information content (AvgIpc) is 2.02. The predicted octanol–water partition coefficient (Wildman–Crippen LogP) is 3.50. The van der Waals surface area contributed by atoms with Gasteiger partial charge in [-0.15, -0.1) is 0 Å². The first kappa shape index (κ1) is 10.2. The zero-order chi connectivity index (χ0) is 9.03. The summed E-state index contributed by atoms with van der Waals surface area (Å²) in [6.07, 6.45) is 4.44. The first-order valence-electron chi connectivity index (χ1n) is 3.99. The molecule has 0 bridgehead atoms. The van der Waals surface area contributed by atoms with Crippen molar-refractivity contribution in [1.29, 1.82) is 0 Å². The second-order valence-corrected chi connectivity index (χ2v) is 3.71. The van der Waals surface area contributed by atoms with Crippen LogP contribution in [-0.4, -0.2) is 11.6 Å². The molecular weight excluding hydrogens is 189 g/mol. The van der Waals surface area contributed by atoms with Gasteiger partial charge in [-0.3, -0.25) is 0 Å². The van der Waals surface area contributed by atoms with E-state index in [2.05, 4.69) is 4.18 Å². The number of alkyl halides is 3. The molecule has 1 aliphatic rings. The topological polar surface area (TPSA) is 9.23 Å². The molecule has 0 aromatic rings. The predicted molar refractivity (Wildman–Crippen MR) is 41.6 cm³/mol. The van der Waals surface area contributed by atoms with Crippen LogP contribution in [-0.2, 0) is 4.18 Å². The Balaban J connectivity index is 2.13. The van der Waals surface area contributed by atoms with Gasteiger partial charge in [0.2, 0.25) is 0 Å². The van der Waals surface area contributed by atoms with Crippen LogP contribution in [0.25, 0.3) is 0 Å². The van der Waals surface area contributed by atoms with Crippen molar-refractivity contribution in [2.75, 3.05) is 0 Å². The highest BCUT2D eigenvalue weighted by atomic mass is 32.2. The fourth-order valence-electron chi connectivity index (χ4n) is 1.28. The Morgan fingerprint density at radius 3 is 2.17 bits per heavy atom. The Bertz CT molecular complexity index is 131. The Hall–Kier alpha value is 0.1000. The lowest BCUT2D eigenvalue weighted by atomic mass is 9.98. The molecule has 0 aromatic heterocycles. The van der Waals surface area contributed by atoms with Crippen LogP contribution in [0.15, 0.2) is 0 Å². The fraction of sp³-hybridized carbons (Fsp3) is 1.00. The minimum Gasteiger partial charge on any atom is -0.305 e. The van der Waals surface area contributed by atoms with Crippen molar-refractivity contribution < 1.29 is 17.4 Å². The van der Waals surface area contributed by atoms with E-state index in [0.717, 1.165) is 32.1 Å². The van der Waals surface area contributed by atoms with E-state index in [4.69, 9.17) is 0 Å². The van der Waals surface area contributed by atoms with Crippen LogP contribution >= 0.6 is 12.0 Å².